The van der Waals surface area contributed by atoms with Crippen molar-refractivity contribution in [2.24, 2.45) is 0 Å². The fourth-order valence-electron chi connectivity index (χ4n) is 2.30. The average Bonchev–Trinajstić information content (AvgIpc) is 2.56. The van der Waals surface area contributed by atoms with E-state index < -0.39 is 11.5 Å². The van der Waals surface area contributed by atoms with Gasteiger partial charge in [-0.2, -0.15) is 10.5 Å². The number of nitrogens with zero attached hydrogens (tertiary/aromatic N) is 3. The van der Waals surface area contributed by atoms with Crippen LogP contribution in [0.1, 0.15) is 22.7 Å². The molecule has 3 rings (SSSR count). The number of aromatic amines is 1. The molecule has 1 aromatic heterocycles. The summed E-state index contributed by atoms with van der Waals surface area (Å²) in [7, 11) is 0. The second-order valence-electron chi connectivity index (χ2n) is 4.77. The first-order valence-electron chi connectivity index (χ1n) is 6.61. The van der Waals surface area contributed by atoms with Crippen LogP contribution in [0, 0.1) is 22.7 Å². The number of hydrogen-bond acceptors (Lipinski definition) is 4. The van der Waals surface area contributed by atoms with Gasteiger partial charge >= 0.3 is 0 Å². The molecular weight excluding hydrogens is 276 g/mol. The van der Waals surface area contributed by atoms with Gasteiger partial charge in [-0.05, 0) is 23.8 Å². The molecule has 0 aliphatic heterocycles. The molecule has 0 amide bonds. The lowest BCUT2D eigenvalue weighted by Crippen LogP contribution is -2.19. The van der Waals surface area contributed by atoms with Gasteiger partial charge in [0.05, 0.1) is 28.7 Å². The van der Waals surface area contributed by atoms with Crippen LogP contribution in [0.25, 0.3) is 11.0 Å². The minimum absolute atomic E-state index is 0.158. The van der Waals surface area contributed by atoms with E-state index in [9.17, 15) is 10.1 Å². The number of fused-ring (bicyclic) bond motifs is 1. The lowest BCUT2D eigenvalue weighted by atomic mass is 9.97. The average molecular weight is 286 g/mol. The van der Waals surface area contributed by atoms with E-state index in [4.69, 9.17) is 5.26 Å². The van der Waals surface area contributed by atoms with Gasteiger partial charge in [-0.3, -0.25) is 4.79 Å². The van der Waals surface area contributed by atoms with Crippen molar-refractivity contribution in [3.05, 3.63) is 75.7 Å². The molecule has 22 heavy (non-hydrogen) atoms. The lowest BCUT2D eigenvalue weighted by molar-refractivity contribution is 0.938. The zero-order valence-electron chi connectivity index (χ0n) is 11.4. The number of aromatic nitrogens is 2. The number of nitriles is 2. The van der Waals surface area contributed by atoms with Crippen molar-refractivity contribution in [2.45, 2.75) is 5.92 Å². The molecule has 0 aliphatic carbocycles. The fraction of sp³-hybridized carbons (Fsp3) is 0.0588. The van der Waals surface area contributed by atoms with Crippen molar-refractivity contribution < 1.29 is 0 Å². The first-order valence-corrected chi connectivity index (χ1v) is 6.61. The smallest absolute Gasteiger partial charge is 0.271 e. The molecule has 0 aliphatic rings. The van der Waals surface area contributed by atoms with Crippen molar-refractivity contribution in [1.82, 2.24) is 9.97 Å². The highest BCUT2D eigenvalue weighted by atomic mass is 16.1. The molecule has 0 bridgehead atoms. The zero-order chi connectivity index (χ0) is 15.5. The van der Waals surface area contributed by atoms with Crippen LogP contribution in [0.3, 0.4) is 0 Å². The van der Waals surface area contributed by atoms with E-state index in [0.29, 0.717) is 16.6 Å². The summed E-state index contributed by atoms with van der Waals surface area (Å²) in [5.74, 6) is -0.731. The summed E-state index contributed by atoms with van der Waals surface area (Å²) < 4.78 is 0. The SMILES string of the molecule is N#Cc1ccc2nc(C(C#N)c3ccccc3)c(=O)[nH]c2c1. The van der Waals surface area contributed by atoms with Crippen LogP contribution in [0.2, 0.25) is 0 Å². The van der Waals surface area contributed by atoms with E-state index in [2.05, 4.69) is 16.0 Å². The highest BCUT2D eigenvalue weighted by molar-refractivity contribution is 5.75. The Kier molecular flexibility index (Phi) is 3.39. The largest absolute Gasteiger partial charge is 0.319 e. The molecule has 1 unspecified atom stereocenters. The summed E-state index contributed by atoms with van der Waals surface area (Å²) in [5, 5.41) is 18.3. The Morgan fingerprint density at radius 1 is 1.09 bits per heavy atom. The Morgan fingerprint density at radius 3 is 2.55 bits per heavy atom. The highest BCUT2D eigenvalue weighted by Gasteiger charge is 2.19. The van der Waals surface area contributed by atoms with E-state index in [-0.39, 0.29) is 5.69 Å². The standard InChI is InChI=1S/C17H10N4O/c18-9-11-6-7-14-15(8-11)21-17(22)16(20-14)13(10-19)12-4-2-1-3-5-12/h1-8,13H,(H,21,22). The van der Waals surface area contributed by atoms with Gasteiger partial charge in [-0.1, -0.05) is 30.3 Å². The quantitative estimate of drug-likeness (QED) is 0.783. The third kappa shape index (κ3) is 2.32. The summed E-state index contributed by atoms with van der Waals surface area (Å²) in [6, 6.07) is 18.0. The minimum atomic E-state index is -0.731. The molecule has 0 radical (unpaired) electrons. The van der Waals surface area contributed by atoms with Gasteiger partial charge in [-0.25, -0.2) is 4.98 Å². The molecule has 1 atom stereocenters. The Labute approximate surface area is 126 Å². The Balaban J connectivity index is 2.19. The third-order valence-corrected chi connectivity index (χ3v) is 3.38. The number of H-pyrrole nitrogens is 1. The van der Waals surface area contributed by atoms with Gasteiger partial charge in [0.15, 0.2) is 0 Å². The second kappa shape index (κ2) is 5.51. The van der Waals surface area contributed by atoms with Crippen LogP contribution in [0.4, 0.5) is 0 Å². The molecule has 2 aromatic carbocycles. The van der Waals surface area contributed by atoms with Crippen molar-refractivity contribution in [2.75, 3.05) is 0 Å². The maximum Gasteiger partial charge on any atom is 0.271 e. The molecule has 0 saturated heterocycles. The first-order chi connectivity index (χ1) is 10.7. The number of hydrogen-bond donors (Lipinski definition) is 1. The van der Waals surface area contributed by atoms with Gasteiger partial charge in [-0.15, -0.1) is 0 Å². The molecule has 0 saturated carbocycles. The Hall–Kier alpha value is -3.44. The topological polar surface area (TPSA) is 93.3 Å². The van der Waals surface area contributed by atoms with Gasteiger partial charge < -0.3 is 4.98 Å². The van der Waals surface area contributed by atoms with E-state index in [1.807, 2.05) is 24.3 Å². The summed E-state index contributed by atoms with van der Waals surface area (Å²) in [6.07, 6.45) is 0. The lowest BCUT2D eigenvalue weighted by Gasteiger charge is -2.09. The van der Waals surface area contributed by atoms with Crippen LogP contribution >= 0.6 is 0 Å². The van der Waals surface area contributed by atoms with E-state index in [1.165, 1.54) is 0 Å². The molecule has 3 aromatic rings. The van der Waals surface area contributed by atoms with Crippen LogP contribution in [-0.4, -0.2) is 9.97 Å². The molecule has 0 spiro atoms. The van der Waals surface area contributed by atoms with Gasteiger partial charge in [0.1, 0.15) is 11.6 Å². The number of benzene rings is 2. The Bertz CT molecular complexity index is 977. The first kappa shape index (κ1) is 13.5. The molecule has 5 nitrogen and oxygen atoms in total. The number of rotatable bonds is 2. The van der Waals surface area contributed by atoms with Crippen molar-refractivity contribution in [3.63, 3.8) is 0 Å². The summed E-state index contributed by atoms with van der Waals surface area (Å²) in [4.78, 5) is 19.3. The van der Waals surface area contributed by atoms with E-state index in [1.54, 1.807) is 30.3 Å². The van der Waals surface area contributed by atoms with Gasteiger partial charge in [0.25, 0.3) is 5.56 Å². The van der Waals surface area contributed by atoms with E-state index >= 15 is 0 Å². The maximum absolute atomic E-state index is 12.3. The third-order valence-electron chi connectivity index (χ3n) is 3.38. The second-order valence-corrected chi connectivity index (χ2v) is 4.77. The van der Waals surface area contributed by atoms with Crippen LogP contribution in [0.5, 0.6) is 0 Å². The summed E-state index contributed by atoms with van der Waals surface area (Å²) >= 11 is 0. The van der Waals surface area contributed by atoms with Crippen molar-refractivity contribution >= 4 is 11.0 Å². The van der Waals surface area contributed by atoms with Gasteiger partial charge in [0, 0.05) is 0 Å². The number of nitrogens with one attached hydrogen (secondary N) is 1. The van der Waals surface area contributed by atoms with Crippen molar-refractivity contribution in [3.8, 4) is 12.1 Å². The molecular formula is C17H10N4O. The summed E-state index contributed by atoms with van der Waals surface area (Å²) in [6.45, 7) is 0. The molecule has 104 valence electrons. The fourth-order valence-corrected chi connectivity index (χ4v) is 2.30. The minimum Gasteiger partial charge on any atom is -0.319 e. The monoisotopic (exact) mass is 286 g/mol. The van der Waals surface area contributed by atoms with E-state index in [0.717, 1.165) is 5.56 Å². The predicted octanol–water partition coefficient (Wildman–Crippen LogP) is 2.45. The van der Waals surface area contributed by atoms with Crippen LogP contribution < -0.4 is 5.56 Å². The molecule has 0 fully saturated rings. The zero-order valence-corrected chi connectivity index (χ0v) is 11.4. The molecule has 1 N–H and O–H groups in total. The molecule has 5 heteroatoms. The normalized spacial score (nSPS) is 11.5. The van der Waals surface area contributed by atoms with Gasteiger partial charge in [0.2, 0.25) is 0 Å². The highest BCUT2D eigenvalue weighted by Crippen LogP contribution is 2.21. The molecule has 1 heterocycles. The summed E-state index contributed by atoms with van der Waals surface area (Å²) in [5.41, 5.74) is 1.93. The maximum atomic E-state index is 12.3. The van der Waals surface area contributed by atoms with Crippen molar-refractivity contribution in [1.29, 1.82) is 10.5 Å². The van der Waals surface area contributed by atoms with Crippen LogP contribution in [-0.2, 0) is 0 Å². The Morgan fingerprint density at radius 2 is 1.86 bits per heavy atom. The van der Waals surface area contributed by atoms with Crippen LogP contribution in [0.15, 0.2) is 53.3 Å². The predicted molar refractivity (Wildman–Crippen MR) is 81.0 cm³/mol.